The summed E-state index contributed by atoms with van der Waals surface area (Å²) in [6, 6.07) is 6.86. The summed E-state index contributed by atoms with van der Waals surface area (Å²) >= 11 is 0. The van der Waals surface area contributed by atoms with Crippen molar-refractivity contribution < 1.29 is 22.8 Å². The van der Waals surface area contributed by atoms with Gasteiger partial charge in [0.1, 0.15) is 0 Å². The molecule has 0 atom stereocenters. The number of benzene rings is 1. The van der Waals surface area contributed by atoms with Crippen molar-refractivity contribution in [2.24, 2.45) is 4.99 Å². The van der Waals surface area contributed by atoms with Crippen LogP contribution in [-0.4, -0.2) is 30.9 Å². The molecule has 0 aliphatic heterocycles. The Bertz CT molecular complexity index is 772. The van der Waals surface area contributed by atoms with E-state index in [2.05, 4.69) is 25.5 Å². The highest BCUT2D eigenvalue weighted by molar-refractivity contribution is 14.0. The summed E-state index contributed by atoms with van der Waals surface area (Å²) in [5.74, 6) is 1.47. The number of ether oxygens (including phenoxy) is 2. The third-order valence-electron chi connectivity index (χ3n) is 3.72. The predicted molar refractivity (Wildman–Crippen MR) is 117 cm³/mol. The summed E-state index contributed by atoms with van der Waals surface area (Å²) in [4.78, 5) is 4.45. The predicted octanol–water partition coefficient (Wildman–Crippen LogP) is 4.11. The normalized spacial score (nSPS) is 11.2. The lowest BCUT2D eigenvalue weighted by molar-refractivity contribution is -0.0520. The summed E-state index contributed by atoms with van der Waals surface area (Å²) in [6.45, 7) is 4.27. The van der Waals surface area contributed by atoms with Gasteiger partial charge in [0.15, 0.2) is 23.2 Å². The van der Waals surface area contributed by atoms with Crippen LogP contribution in [0.15, 0.2) is 33.8 Å². The Morgan fingerprint density at radius 1 is 1.24 bits per heavy atom. The topological polar surface area (TPSA) is 80.9 Å². The van der Waals surface area contributed by atoms with E-state index in [0.717, 1.165) is 12.1 Å². The van der Waals surface area contributed by atoms with Crippen LogP contribution in [0, 0.1) is 0 Å². The monoisotopic (exact) mass is 524 g/mol. The SMILES string of the molecule is CCNC(=NCc1cccc(OCC)c1OC(F)F)NCc1cc(CC)no1.I. The number of hydrogen-bond donors (Lipinski definition) is 2. The zero-order valence-electron chi connectivity index (χ0n) is 16.7. The number of guanidine groups is 1. The molecule has 0 bridgehead atoms. The molecule has 0 spiro atoms. The van der Waals surface area contributed by atoms with E-state index < -0.39 is 6.61 Å². The second kappa shape index (κ2) is 13.2. The van der Waals surface area contributed by atoms with Crippen molar-refractivity contribution in [2.45, 2.75) is 46.9 Å². The minimum absolute atomic E-state index is 0. The van der Waals surface area contributed by atoms with Gasteiger partial charge >= 0.3 is 6.61 Å². The fraction of sp³-hybridized carbons (Fsp3) is 0.474. The lowest BCUT2D eigenvalue weighted by Crippen LogP contribution is -2.36. The Morgan fingerprint density at radius 2 is 2.03 bits per heavy atom. The fourth-order valence-corrected chi connectivity index (χ4v) is 2.46. The van der Waals surface area contributed by atoms with Gasteiger partial charge in [-0.15, -0.1) is 24.0 Å². The number of aryl methyl sites for hydroxylation is 1. The first kappa shape index (κ1) is 24.9. The summed E-state index contributed by atoms with van der Waals surface area (Å²) < 4.78 is 41.0. The van der Waals surface area contributed by atoms with Crippen LogP contribution in [0.3, 0.4) is 0 Å². The number of aromatic nitrogens is 1. The van der Waals surface area contributed by atoms with E-state index in [1.54, 1.807) is 25.1 Å². The molecule has 0 saturated heterocycles. The van der Waals surface area contributed by atoms with Crippen molar-refractivity contribution in [2.75, 3.05) is 13.2 Å². The highest BCUT2D eigenvalue weighted by Crippen LogP contribution is 2.33. The maximum Gasteiger partial charge on any atom is 0.387 e. The fourth-order valence-electron chi connectivity index (χ4n) is 2.46. The summed E-state index contributed by atoms with van der Waals surface area (Å²) in [5.41, 5.74) is 1.37. The minimum Gasteiger partial charge on any atom is -0.490 e. The quantitative estimate of drug-likeness (QED) is 0.277. The molecule has 1 aromatic carbocycles. The Balaban J connectivity index is 0.00000420. The van der Waals surface area contributed by atoms with Crippen molar-refractivity contribution >= 4 is 29.9 Å². The maximum absolute atomic E-state index is 12.8. The molecule has 29 heavy (non-hydrogen) atoms. The molecule has 0 radical (unpaired) electrons. The van der Waals surface area contributed by atoms with Gasteiger partial charge in [0, 0.05) is 18.2 Å². The van der Waals surface area contributed by atoms with E-state index in [-0.39, 0.29) is 42.0 Å². The second-order valence-corrected chi connectivity index (χ2v) is 5.74. The van der Waals surface area contributed by atoms with E-state index in [9.17, 15) is 8.78 Å². The molecular weight excluding hydrogens is 497 g/mol. The molecule has 2 aromatic rings. The van der Waals surface area contributed by atoms with Crippen molar-refractivity contribution in [1.29, 1.82) is 0 Å². The molecule has 0 unspecified atom stereocenters. The molecular formula is C19H27F2IN4O3. The van der Waals surface area contributed by atoms with Gasteiger partial charge in [0.25, 0.3) is 0 Å². The first-order valence-electron chi connectivity index (χ1n) is 9.23. The Kier molecular flexibility index (Phi) is 11.3. The van der Waals surface area contributed by atoms with Crippen LogP contribution in [0.5, 0.6) is 11.5 Å². The van der Waals surface area contributed by atoms with E-state index >= 15 is 0 Å². The Hall–Kier alpha value is -2.11. The second-order valence-electron chi connectivity index (χ2n) is 5.74. The van der Waals surface area contributed by atoms with Gasteiger partial charge in [-0.05, 0) is 26.3 Å². The van der Waals surface area contributed by atoms with Gasteiger partial charge in [-0.2, -0.15) is 8.78 Å². The summed E-state index contributed by atoms with van der Waals surface area (Å²) in [7, 11) is 0. The Morgan fingerprint density at radius 3 is 2.66 bits per heavy atom. The van der Waals surface area contributed by atoms with Crippen LogP contribution >= 0.6 is 24.0 Å². The zero-order chi connectivity index (χ0) is 20.4. The van der Waals surface area contributed by atoms with Gasteiger partial charge in [-0.3, -0.25) is 0 Å². The third-order valence-corrected chi connectivity index (χ3v) is 3.72. The molecule has 0 aliphatic rings. The average Bonchev–Trinajstić information content (AvgIpc) is 3.14. The number of hydrogen-bond acceptors (Lipinski definition) is 5. The van der Waals surface area contributed by atoms with E-state index in [1.165, 1.54) is 0 Å². The van der Waals surface area contributed by atoms with Crippen LogP contribution in [0.1, 0.15) is 37.8 Å². The van der Waals surface area contributed by atoms with Gasteiger partial charge < -0.3 is 24.6 Å². The van der Waals surface area contributed by atoms with E-state index in [0.29, 0.717) is 37.0 Å². The van der Waals surface area contributed by atoms with Gasteiger partial charge in [0.2, 0.25) is 0 Å². The van der Waals surface area contributed by atoms with Crippen LogP contribution in [0.2, 0.25) is 0 Å². The van der Waals surface area contributed by atoms with Gasteiger partial charge in [-0.25, -0.2) is 4.99 Å². The zero-order valence-corrected chi connectivity index (χ0v) is 19.0. The lowest BCUT2D eigenvalue weighted by Gasteiger charge is -2.15. The largest absolute Gasteiger partial charge is 0.490 e. The number of rotatable bonds is 10. The molecule has 0 aliphatic carbocycles. The van der Waals surface area contributed by atoms with Crippen LogP contribution in [-0.2, 0) is 19.5 Å². The van der Waals surface area contributed by atoms with Crippen molar-refractivity contribution in [1.82, 2.24) is 15.8 Å². The Labute approximate surface area is 186 Å². The van der Waals surface area contributed by atoms with Crippen molar-refractivity contribution in [3.63, 3.8) is 0 Å². The molecule has 2 rings (SSSR count). The molecule has 0 saturated carbocycles. The number of nitrogens with one attached hydrogen (secondary N) is 2. The summed E-state index contributed by atoms with van der Waals surface area (Å²) in [6.07, 6.45) is 0.792. The first-order valence-corrected chi connectivity index (χ1v) is 9.23. The molecule has 1 heterocycles. The van der Waals surface area contributed by atoms with Crippen LogP contribution in [0.25, 0.3) is 0 Å². The third kappa shape index (κ3) is 8.03. The van der Waals surface area contributed by atoms with Crippen LogP contribution in [0.4, 0.5) is 8.78 Å². The van der Waals surface area contributed by atoms with Gasteiger partial charge in [-0.1, -0.05) is 24.2 Å². The molecule has 7 nitrogen and oxygen atoms in total. The van der Waals surface area contributed by atoms with Crippen molar-refractivity contribution in [3.05, 3.63) is 41.3 Å². The number of para-hydroxylation sites is 1. The molecule has 2 N–H and O–H groups in total. The summed E-state index contributed by atoms with van der Waals surface area (Å²) in [5, 5.41) is 10.2. The van der Waals surface area contributed by atoms with Gasteiger partial charge in [0.05, 0.1) is 25.4 Å². The molecule has 1 aromatic heterocycles. The molecule has 10 heteroatoms. The standard InChI is InChI=1S/C19H26F2N4O3.HI/c1-4-14-10-15(28-25-14)12-24-19(22-5-2)23-11-13-8-7-9-16(26-6-3)17(13)27-18(20)21;/h7-10,18H,4-6,11-12H2,1-3H3,(H2,22,23,24);1H. The molecule has 162 valence electrons. The van der Waals surface area contributed by atoms with E-state index in [4.69, 9.17) is 9.26 Å². The highest BCUT2D eigenvalue weighted by Gasteiger charge is 2.15. The van der Waals surface area contributed by atoms with Crippen LogP contribution < -0.4 is 20.1 Å². The molecule has 0 amide bonds. The smallest absolute Gasteiger partial charge is 0.387 e. The minimum atomic E-state index is -2.95. The maximum atomic E-state index is 12.8. The number of nitrogens with zero attached hydrogens (tertiary/aromatic N) is 2. The van der Waals surface area contributed by atoms with Crippen molar-refractivity contribution in [3.8, 4) is 11.5 Å². The average molecular weight is 524 g/mol. The number of alkyl halides is 2. The lowest BCUT2D eigenvalue weighted by atomic mass is 10.2. The first-order chi connectivity index (χ1) is 13.6. The van der Waals surface area contributed by atoms with E-state index in [1.807, 2.05) is 19.9 Å². The number of aliphatic imine (C=N–C) groups is 1. The highest BCUT2D eigenvalue weighted by atomic mass is 127. The molecule has 0 fully saturated rings. The number of halogens is 3.